The lowest BCUT2D eigenvalue weighted by molar-refractivity contribution is -0.114. The zero-order valence-corrected chi connectivity index (χ0v) is 14.6. The van der Waals surface area contributed by atoms with Gasteiger partial charge in [-0.15, -0.1) is 0 Å². The number of nitrogens with zero attached hydrogens (tertiary/aromatic N) is 3. The number of carbonyl (C=O) groups excluding carboxylic acids is 1. The van der Waals surface area contributed by atoms with E-state index in [0.717, 1.165) is 60.0 Å². The highest BCUT2D eigenvalue weighted by Gasteiger charge is 2.13. The number of fused-ring (bicyclic) bond motifs is 1. The van der Waals surface area contributed by atoms with Gasteiger partial charge < -0.3 is 15.0 Å². The summed E-state index contributed by atoms with van der Waals surface area (Å²) in [6.45, 7) is 4.62. The fraction of sp³-hybridized carbons (Fsp3) is 0.250. The zero-order chi connectivity index (χ0) is 17.9. The van der Waals surface area contributed by atoms with Crippen molar-refractivity contribution in [1.29, 1.82) is 0 Å². The Labute approximate surface area is 151 Å². The van der Waals surface area contributed by atoms with E-state index in [4.69, 9.17) is 9.72 Å². The average molecular weight is 348 g/mol. The van der Waals surface area contributed by atoms with Crippen molar-refractivity contribution in [3.8, 4) is 11.1 Å². The summed E-state index contributed by atoms with van der Waals surface area (Å²) in [7, 11) is 0. The van der Waals surface area contributed by atoms with Crippen molar-refractivity contribution < 1.29 is 9.53 Å². The number of hydrogen-bond acceptors (Lipinski definition) is 5. The van der Waals surface area contributed by atoms with Crippen LogP contribution in [0.2, 0.25) is 0 Å². The van der Waals surface area contributed by atoms with Crippen LogP contribution < -0.4 is 10.2 Å². The number of nitrogens with one attached hydrogen (secondary N) is 1. The van der Waals surface area contributed by atoms with Crippen LogP contribution in [0.5, 0.6) is 0 Å². The second-order valence-electron chi connectivity index (χ2n) is 6.29. The third kappa shape index (κ3) is 3.50. The maximum atomic E-state index is 11.1. The van der Waals surface area contributed by atoms with Crippen LogP contribution in [-0.2, 0) is 9.53 Å². The van der Waals surface area contributed by atoms with Crippen molar-refractivity contribution in [2.24, 2.45) is 0 Å². The van der Waals surface area contributed by atoms with Gasteiger partial charge in [-0.1, -0.05) is 18.2 Å². The number of amides is 1. The number of morpholine rings is 1. The molecule has 2 aromatic carbocycles. The van der Waals surface area contributed by atoms with Crippen molar-refractivity contribution >= 4 is 28.4 Å². The molecule has 1 fully saturated rings. The van der Waals surface area contributed by atoms with Gasteiger partial charge in [-0.3, -0.25) is 9.78 Å². The van der Waals surface area contributed by atoms with Gasteiger partial charge in [-0.2, -0.15) is 0 Å². The molecule has 0 radical (unpaired) electrons. The maximum Gasteiger partial charge on any atom is 0.221 e. The monoisotopic (exact) mass is 348 g/mol. The molecule has 1 aliphatic heterocycles. The third-order valence-corrected chi connectivity index (χ3v) is 4.40. The van der Waals surface area contributed by atoms with Crippen molar-refractivity contribution in [1.82, 2.24) is 9.97 Å². The van der Waals surface area contributed by atoms with Gasteiger partial charge in [0.2, 0.25) is 5.91 Å². The van der Waals surface area contributed by atoms with Gasteiger partial charge in [0.15, 0.2) is 0 Å². The molecule has 1 aliphatic rings. The molecule has 0 atom stereocenters. The first-order valence-electron chi connectivity index (χ1n) is 8.66. The second kappa shape index (κ2) is 7.09. The van der Waals surface area contributed by atoms with Gasteiger partial charge in [-0.25, -0.2) is 4.98 Å². The summed E-state index contributed by atoms with van der Waals surface area (Å²) in [5.74, 6) is 0.813. The van der Waals surface area contributed by atoms with E-state index in [0.29, 0.717) is 0 Å². The molecule has 26 heavy (non-hydrogen) atoms. The highest BCUT2D eigenvalue weighted by atomic mass is 16.5. The standard InChI is InChI=1S/C20H20N4O2/c1-14(25)22-17-5-2-15(3-6-17)16-4-7-18-19(12-16)23-20(13-21-18)24-8-10-26-11-9-24/h2-7,12-13H,8-11H2,1H3,(H,22,25). The first-order valence-corrected chi connectivity index (χ1v) is 8.66. The number of hydrogen-bond donors (Lipinski definition) is 1. The number of anilines is 2. The smallest absolute Gasteiger partial charge is 0.221 e. The summed E-state index contributed by atoms with van der Waals surface area (Å²) in [6, 6.07) is 13.9. The molecular weight excluding hydrogens is 328 g/mol. The molecule has 6 heteroatoms. The van der Waals surface area contributed by atoms with Crippen LogP contribution in [0.3, 0.4) is 0 Å². The van der Waals surface area contributed by atoms with Crippen molar-refractivity contribution in [2.75, 3.05) is 36.5 Å². The molecule has 3 aromatic rings. The lowest BCUT2D eigenvalue weighted by Crippen LogP contribution is -2.36. The van der Waals surface area contributed by atoms with E-state index in [9.17, 15) is 4.79 Å². The fourth-order valence-corrected chi connectivity index (χ4v) is 3.08. The van der Waals surface area contributed by atoms with Crippen molar-refractivity contribution in [3.63, 3.8) is 0 Å². The van der Waals surface area contributed by atoms with Crippen LogP contribution in [-0.4, -0.2) is 42.2 Å². The van der Waals surface area contributed by atoms with Crippen LogP contribution in [0.1, 0.15) is 6.92 Å². The topological polar surface area (TPSA) is 67.4 Å². The Balaban J connectivity index is 1.64. The Hall–Kier alpha value is -2.99. The summed E-state index contributed by atoms with van der Waals surface area (Å²) in [4.78, 5) is 22.7. The number of aromatic nitrogens is 2. The molecule has 0 bridgehead atoms. The third-order valence-electron chi connectivity index (χ3n) is 4.40. The van der Waals surface area contributed by atoms with Crippen LogP contribution in [0.15, 0.2) is 48.7 Å². The molecule has 0 saturated carbocycles. The van der Waals surface area contributed by atoms with Crippen LogP contribution in [0.25, 0.3) is 22.2 Å². The van der Waals surface area contributed by atoms with Gasteiger partial charge in [0, 0.05) is 25.7 Å². The Morgan fingerprint density at radius 3 is 2.50 bits per heavy atom. The predicted octanol–water partition coefficient (Wildman–Crippen LogP) is 3.09. The van der Waals surface area contributed by atoms with Crippen molar-refractivity contribution in [3.05, 3.63) is 48.7 Å². The summed E-state index contributed by atoms with van der Waals surface area (Å²) >= 11 is 0. The van der Waals surface area contributed by atoms with Gasteiger partial charge in [0.1, 0.15) is 5.82 Å². The molecule has 1 N–H and O–H groups in total. The van der Waals surface area contributed by atoms with Gasteiger partial charge in [0.05, 0.1) is 30.4 Å². The summed E-state index contributed by atoms with van der Waals surface area (Å²) in [5, 5.41) is 2.78. The average Bonchev–Trinajstić information content (AvgIpc) is 2.68. The minimum atomic E-state index is -0.0747. The summed E-state index contributed by atoms with van der Waals surface area (Å²) in [5.41, 5.74) is 4.68. The van der Waals surface area contributed by atoms with E-state index in [1.54, 1.807) is 0 Å². The predicted molar refractivity (Wildman–Crippen MR) is 102 cm³/mol. The Kier molecular flexibility index (Phi) is 4.50. The second-order valence-corrected chi connectivity index (χ2v) is 6.29. The largest absolute Gasteiger partial charge is 0.378 e. The molecule has 0 aliphatic carbocycles. The highest BCUT2D eigenvalue weighted by Crippen LogP contribution is 2.25. The van der Waals surface area contributed by atoms with E-state index < -0.39 is 0 Å². The molecule has 6 nitrogen and oxygen atoms in total. The summed E-state index contributed by atoms with van der Waals surface area (Å²) < 4.78 is 5.40. The SMILES string of the molecule is CC(=O)Nc1ccc(-c2ccc3ncc(N4CCOCC4)nc3c2)cc1. The fourth-order valence-electron chi connectivity index (χ4n) is 3.08. The van der Waals surface area contributed by atoms with Gasteiger partial charge >= 0.3 is 0 Å². The Morgan fingerprint density at radius 1 is 1.04 bits per heavy atom. The van der Waals surface area contributed by atoms with E-state index in [-0.39, 0.29) is 5.91 Å². The summed E-state index contributed by atoms with van der Waals surface area (Å²) in [6.07, 6.45) is 1.83. The maximum absolute atomic E-state index is 11.1. The quantitative estimate of drug-likeness (QED) is 0.788. The van der Waals surface area contributed by atoms with E-state index in [1.165, 1.54) is 6.92 Å². The number of rotatable bonds is 3. The molecule has 4 rings (SSSR count). The lowest BCUT2D eigenvalue weighted by Gasteiger charge is -2.27. The Morgan fingerprint density at radius 2 is 1.77 bits per heavy atom. The van der Waals surface area contributed by atoms with Crippen molar-refractivity contribution in [2.45, 2.75) is 6.92 Å². The molecule has 132 valence electrons. The Bertz CT molecular complexity index is 934. The number of ether oxygens (including phenoxy) is 1. The number of carbonyl (C=O) groups is 1. The van der Waals surface area contributed by atoms with Gasteiger partial charge in [-0.05, 0) is 35.4 Å². The van der Waals surface area contributed by atoms with Gasteiger partial charge in [0.25, 0.3) is 0 Å². The zero-order valence-electron chi connectivity index (χ0n) is 14.6. The minimum absolute atomic E-state index is 0.0747. The molecule has 1 saturated heterocycles. The normalized spacial score (nSPS) is 14.4. The first-order chi connectivity index (χ1) is 12.7. The highest BCUT2D eigenvalue weighted by molar-refractivity contribution is 5.89. The van der Waals surface area contributed by atoms with E-state index >= 15 is 0 Å². The molecule has 0 unspecified atom stereocenters. The van der Waals surface area contributed by atoms with E-state index in [1.807, 2.05) is 42.6 Å². The lowest BCUT2D eigenvalue weighted by atomic mass is 10.0. The van der Waals surface area contributed by atoms with Crippen LogP contribution >= 0.6 is 0 Å². The minimum Gasteiger partial charge on any atom is -0.378 e. The first kappa shape index (κ1) is 16.5. The molecule has 1 amide bonds. The van der Waals surface area contributed by atoms with Crippen LogP contribution in [0.4, 0.5) is 11.5 Å². The molecule has 1 aromatic heterocycles. The molecule has 2 heterocycles. The number of benzene rings is 2. The van der Waals surface area contributed by atoms with E-state index in [2.05, 4.69) is 21.3 Å². The van der Waals surface area contributed by atoms with Crippen LogP contribution in [0, 0.1) is 0 Å². The molecular formula is C20H20N4O2. The molecule has 0 spiro atoms.